The highest BCUT2D eigenvalue weighted by molar-refractivity contribution is 8.76. The number of ketones is 2. The van der Waals surface area contributed by atoms with Crippen LogP contribution in [0, 0.1) is 0 Å². The number of rotatable bonds is 16. The number of carbonyl (C=O) groups excluding carboxylic acids is 5. The van der Waals surface area contributed by atoms with E-state index in [9.17, 15) is 24.0 Å². The van der Waals surface area contributed by atoms with E-state index in [1.54, 1.807) is 0 Å². The predicted molar refractivity (Wildman–Crippen MR) is 137 cm³/mol. The Morgan fingerprint density at radius 2 is 1.68 bits per heavy atom. The van der Waals surface area contributed by atoms with E-state index in [0.29, 0.717) is 49.4 Å². The topological polar surface area (TPSA) is 125 Å². The SMILES string of the molecule is C=C(CC)NC(CSSCC(NC(=O)CCC)C(C)=O)C(=O)NCC(=O)N1CCCC1C(C)=O. The van der Waals surface area contributed by atoms with Crippen LogP contribution in [0.5, 0.6) is 0 Å². The highest BCUT2D eigenvalue weighted by Crippen LogP contribution is 2.24. The summed E-state index contributed by atoms with van der Waals surface area (Å²) in [4.78, 5) is 62.3. The van der Waals surface area contributed by atoms with Crippen LogP contribution in [0.1, 0.15) is 59.8 Å². The fourth-order valence-electron chi connectivity index (χ4n) is 3.39. The summed E-state index contributed by atoms with van der Waals surface area (Å²) >= 11 is 0. The predicted octanol–water partition coefficient (Wildman–Crippen LogP) is 1.82. The summed E-state index contributed by atoms with van der Waals surface area (Å²) < 4.78 is 0. The minimum absolute atomic E-state index is 0.0425. The number of Topliss-reactive ketones (excluding diaryl/α,β-unsaturated/α-hetero) is 2. The number of amides is 3. The first-order valence-corrected chi connectivity index (χ1v) is 14.2. The Morgan fingerprint density at radius 3 is 2.24 bits per heavy atom. The molecule has 0 bridgehead atoms. The molecule has 34 heavy (non-hydrogen) atoms. The molecule has 11 heteroatoms. The first-order chi connectivity index (χ1) is 16.1. The lowest BCUT2D eigenvalue weighted by Gasteiger charge is -2.24. The van der Waals surface area contributed by atoms with Gasteiger partial charge in [-0.2, -0.15) is 0 Å². The first kappa shape index (κ1) is 30.0. The number of carbonyl (C=O) groups is 5. The maximum Gasteiger partial charge on any atom is 0.243 e. The Balaban J connectivity index is 2.59. The van der Waals surface area contributed by atoms with Crippen molar-refractivity contribution in [1.29, 1.82) is 0 Å². The molecule has 1 rings (SSSR count). The molecule has 0 saturated carbocycles. The summed E-state index contributed by atoms with van der Waals surface area (Å²) in [5, 5.41) is 8.51. The van der Waals surface area contributed by atoms with Crippen molar-refractivity contribution in [3.05, 3.63) is 12.3 Å². The van der Waals surface area contributed by atoms with Crippen molar-refractivity contribution in [1.82, 2.24) is 20.9 Å². The van der Waals surface area contributed by atoms with Gasteiger partial charge in [0.1, 0.15) is 6.04 Å². The molecular formula is C23H38N4O5S2. The van der Waals surface area contributed by atoms with Crippen LogP contribution in [0.4, 0.5) is 0 Å². The zero-order valence-corrected chi connectivity index (χ0v) is 22.2. The molecule has 0 spiro atoms. The lowest BCUT2D eigenvalue weighted by molar-refractivity contribution is -0.137. The van der Waals surface area contributed by atoms with Crippen LogP contribution >= 0.6 is 21.6 Å². The molecule has 3 unspecified atom stereocenters. The van der Waals surface area contributed by atoms with Crippen LogP contribution in [0.15, 0.2) is 12.3 Å². The van der Waals surface area contributed by atoms with Gasteiger partial charge < -0.3 is 20.9 Å². The molecule has 1 saturated heterocycles. The molecule has 1 heterocycles. The second-order valence-electron chi connectivity index (χ2n) is 8.28. The van der Waals surface area contributed by atoms with Gasteiger partial charge in [-0.15, -0.1) is 0 Å². The molecule has 0 radical (unpaired) electrons. The molecule has 1 aliphatic heterocycles. The number of likely N-dealkylation sites (tertiary alicyclic amines) is 1. The van der Waals surface area contributed by atoms with Gasteiger partial charge in [0.25, 0.3) is 0 Å². The third-order valence-electron chi connectivity index (χ3n) is 5.43. The average Bonchev–Trinajstić information content (AvgIpc) is 3.28. The number of allylic oxidation sites excluding steroid dienone is 1. The Kier molecular flexibility index (Phi) is 14.0. The van der Waals surface area contributed by atoms with Crippen molar-refractivity contribution >= 4 is 50.9 Å². The monoisotopic (exact) mass is 514 g/mol. The van der Waals surface area contributed by atoms with Crippen molar-refractivity contribution < 1.29 is 24.0 Å². The summed E-state index contributed by atoms with van der Waals surface area (Å²) in [7, 11) is 2.80. The van der Waals surface area contributed by atoms with E-state index < -0.39 is 18.1 Å². The van der Waals surface area contributed by atoms with Gasteiger partial charge in [0, 0.05) is 30.2 Å². The molecule has 9 nitrogen and oxygen atoms in total. The third kappa shape index (κ3) is 10.5. The Bertz CT molecular complexity index is 762. The molecule has 0 aromatic carbocycles. The molecule has 192 valence electrons. The van der Waals surface area contributed by atoms with Gasteiger partial charge in [-0.05, 0) is 39.5 Å². The second kappa shape index (κ2) is 15.8. The average molecular weight is 515 g/mol. The smallest absolute Gasteiger partial charge is 0.243 e. The van der Waals surface area contributed by atoms with Crippen LogP contribution in [-0.2, 0) is 24.0 Å². The van der Waals surface area contributed by atoms with E-state index in [2.05, 4.69) is 22.5 Å². The number of hydrogen-bond donors (Lipinski definition) is 3. The van der Waals surface area contributed by atoms with Crippen molar-refractivity contribution in [2.24, 2.45) is 0 Å². The summed E-state index contributed by atoms with van der Waals surface area (Å²) in [6.07, 6.45) is 3.15. The molecule has 0 aliphatic carbocycles. The van der Waals surface area contributed by atoms with Crippen molar-refractivity contribution in [3.8, 4) is 0 Å². The summed E-state index contributed by atoms with van der Waals surface area (Å²) in [6.45, 7) is 11.0. The highest BCUT2D eigenvalue weighted by atomic mass is 33.1. The number of hydrogen-bond acceptors (Lipinski definition) is 8. The molecule has 3 N–H and O–H groups in total. The number of nitrogens with one attached hydrogen (secondary N) is 3. The van der Waals surface area contributed by atoms with Crippen LogP contribution in [-0.4, -0.2) is 76.9 Å². The molecule has 1 aliphatic rings. The second-order valence-corrected chi connectivity index (χ2v) is 10.8. The maximum absolute atomic E-state index is 12.8. The van der Waals surface area contributed by atoms with Crippen LogP contribution < -0.4 is 16.0 Å². The molecule has 0 aromatic rings. The van der Waals surface area contributed by atoms with Crippen molar-refractivity contribution in [2.75, 3.05) is 24.6 Å². The molecule has 0 aromatic heterocycles. The largest absolute Gasteiger partial charge is 0.377 e. The Hall–Kier alpha value is -2.01. The van der Waals surface area contributed by atoms with Crippen LogP contribution in [0.25, 0.3) is 0 Å². The quantitative estimate of drug-likeness (QED) is 0.210. The summed E-state index contributed by atoms with van der Waals surface area (Å²) in [5.74, 6) is -0.161. The lowest BCUT2D eigenvalue weighted by atomic mass is 10.1. The summed E-state index contributed by atoms with van der Waals surface area (Å²) in [5.41, 5.74) is 0.696. The van der Waals surface area contributed by atoms with Gasteiger partial charge in [0.15, 0.2) is 11.6 Å². The zero-order chi connectivity index (χ0) is 25.7. The van der Waals surface area contributed by atoms with E-state index in [4.69, 9.17) is 0 Å². The van der Waals surface area contributed by atoms with Crippen molar-refractivity contribution in [3.63, 3.8) is 0 Å². The normalized spacial score (nSPS) is 16.9. The number of nitrogens with zero attached hydrogens (tertiary/aromatic N) is 1. The minimum Gasteiger partial charge on any atom is -0.377 e. The standard InChI is InChI=1S/C23H38N4O5S2/c1-6-9-21(30)26-18(16(4)28)13-33-34-14-19(25-15(3)7-2)23(32)24-12-22(31)27-11-8-10-20(27)17(5)29/h18-20,25H,3,6-14H2,1-2,4-5H3,(H,24,32)(H,26,30). The minimum atomic E-state index is -0.620. The molecule has 3 amide bonds. The third-order valence-corrected chi connectivity index (χ3v) is 7.86. The lowest BCUT2D eigenvalue weighted by Crippen LogP contribution is -2.50. The van der Waals surface area contributed by atoms with Gasteiger partial charge in [0.05, 0.1) is 18.6 Å². The van der Waals surface area contributed by atoms with E-state index in [0.717, 1.165) is 6.42 Å². The van der Waals surface area contributed by atoms with E-state index >= 15 is 0 Å². The van der Waals surface area contributed by atoms with Gasteiger partial charge in [-0.25, -0.2) is 0 Å². The van der Waals surface area contributed by atoms with Gasteiger partial charge >= 0.3 is 0 Å². The van der Waals surface area contributed by atoms with Gasteiger partial charge in [0.2, 0.25) is 17.7 Å². The van der Waals surface area contributed by atoms with E-state index in [-0.39, 0.29) is 35.8 Å². The van der Waals surface area contributed by atoms with Crippen LogP contribution in [0.2, 0.25) is 0 Å². The molecule has 1 fully saturated rings. The van der Waals surface area contributed by atoms with E-state index in [1.165, 1.54) is 40.3 Å². The zero-order valence-electron chi connectivity index (χ0n) is 20.6. The van der Waals surface area contributed by atoms with Crippen molar-refractivity contribution in [2.45, 2.75) is 77.9 Å². The van der Waals surface area contributed by atoms with Crippen LogP contribution in [0.3, 0.4) is 0 Å². The Labute approximate surface area is 210 Å². The Morgan fingerprint density at radius 1 is 1.03 bits per heavy atom. The first-order valence-electron chi connectivity index (χ1n) is 11.7. The van der Waals surface area contributed by atoms with Gasteiger partial charge in [-0.3, -0.25) is 24.0 Å². The van der Waals surface area contributed by atoms with Gasteiger partial charge in [-0.1, -0.05) is 42.0 Å². The fourth-order valence-corrected chi connectivity index (χ4v) is 5.80. The fraction of sp³-hybridized carbons (Fsp3) is 0.696. The summed E-state index contributed by atoms with van der Waals surface area (Å²) in [6, 6.07) is -1.60. The molecular weight excluding hydrogens is 476 g/mol. The maximum atomic E-state index is 12.8. The highest BCUT2D eigenvalue weighted by Gasteiger charge is 2.32. The molecule has 3 atom stereocenters. The van der Waals surface area contributed by atoms with E-state index in [1.807, 2.05) is 13.8 Å².